The average molecular weight is 464 g/mol. The minimum absolute atomic E-state index is 0.0438. The molecule has 0 heterocycles. The normalized spacial score (nSPS) is 22.5. The van der Waals surface area contributed by atoms with Gasteiger partial charge in [0.05, 0.1) is 7.11 Å². The van der Waals surface area contributed by atoms with E-state index in [4.69, 9.17) is 9.02 Å². The van der Waals surface area contributed by atoms with Gasteiger partial charge in [-0.25, -0.2) is 0 Å². The van der Waals surface area contributed by atoms with Crippen LogP contribution in [0.15, 0.2) is 71.9 Å². The number of fused-ring (bicyclic) bond motifs is 3. The number of hydrogen-bond donors (Lipinski definition) is 0. The zero-order valence-electron chi connectivity index (χ0n) is 18.3. The number of oxime groups is 1. The zero-order valence-corrected chi connectivity index (χ0v) is 19.1. The van der Waals surface area contributed by atoms with Crippen LogP contribution < -0.4 is 4.74 Å². The van der Waals surface area contributed by atoms with E-state index in [9.17, 15) is 13.2 Å². The fraction of sp³-hybridized carbons (Fsp3) is 0.308. The Morgan fingerprint density at radius 2 is 1.64 bits per heavy atom. The molecule has 3 aromatic rings. The van der Waals surface area contributed by atoms with Crippen LogP contribution in [-0.2, 0) is 14.4 Å². The summed E-state index contributed by atoms with van der Waals surface area (Å²) < 4.78 is 36.5. The van der Waals surface area contributed by atoms with Gasteiger partial charge in [-0.3, -0.25) is 9.08 Å². The topological polar surface area (TPSA) is 82.0 Å². The summed E-state index contributed by atoms with van der Waals surface area (Å²) in [6.45, 7) is 0. The monoisotopic (exact) mass is 463 g/mol. The lowest BCUT2D eigenvalue weighted by Crippen LogP contribution is -2.28. The predicted octanol–water partition coefficient (Wildman–Crippen LogP) is 4.97. The molecule has 3 aromatic carbocycles. The van der Waals surface area contributed by atoms with Crippen LogP contribution >= 0.6 is 0 Å². The van der Waals surface area contributed by atoms with Gasteiger partial charge in [-0.05, 0) is 48.6 Å². The Morgan fingerprint density at radius 1 is 0.909 bits per heavy atom. The molecule has 3 unspecified atom stereocenters. The second kappa shape index (κ2) is 8.63. The maximum atomic E-state index is 13.7. The van der Waals surface area contributed by atoms with Gasteiger partial charge in [-0.2, -0.15) is 8.42 Å². The third-order valence-corrected chi connectivity index (χ3v) is 8.49. The summed E-state index contributed by atoms with van der Waals surface area (Å²) in [5.41, 5.74) is 0.845. The Bertz CT molecular complexity index is 1330. The summed E-state index contributed by atoms with van der Waals surface area (Å²) in [7, 11) is -2.34. The first kappa shape index (κ1) is 21.6. The van der Waals surface area contributed by atoms with Gasteiger partial charge < -0.3 is 4.74 Å². The van der Waals surface area contributed by atoms with Gasteiger partial charge >= 0.3 is 10.1 Å². The Balaban J connectivity index is 1.54. The van der Waals surface area contributed by atoms with Crippen molar-refractivity contribution in [1.82, 2.24) is 0 Å². The summed E-state index contributed by atoms with van der Waals surface area (Å²) in [4.78, 5) is 13.7. The highest BCUT2D eigenvalue weighted by molar-refractivity contribution is 7.87. The van der Waals surface area contributed by atoms with E-state index in [2.05, 4.69) is 5.16 Å². The molecule has 0 radical (unpaired) electrons. The molecule has 2 bridgehead atoms. The molecule has 170 valence electrons. The number of Topliss-reactive ketones (excluding diaryl/α,β-unsaturated/α-hetero) is 1. The highest BCUT2D eigenvalue weighted by atomic mass is 32.2. The van der Waals surface area contributed by atoms with Gasteiger partial charge in [0, 0.05) is 16.5 Å². The summed E-state index contributed by atoms with van der Waals surface area (Å²) in [5, 5.41) is 4.90. The van der Waals surface area contributed by atoms with Crippen LogP contribution in [0.1, 0.15) is 41.6 Å². The van der Waals surface area contributed by atoms with Crippen LogP contribution in [0.2, 0.25) is 0 Å². The zero-order chi connectivity index (χ0) is 23.0. The van der Waals surface area contributed by atoms with Crippen LogP contribution in [0.5, 0.6) is 5.75 Å². The number of methoxy groups -OCH3 is 1. The van der Waals surface area contributed by atoms with Gasteiger partial charge in [0.2, 0.25) is 5.78 Å². The van der Waals surface area contributed by atoms with E-state index in [1.54, 1.807) is 43.5 Å². The molecule has 6 nitrogen and oxygen atoms in total. The van der Waals surface area contributed by atoms with Crippen molar-refractivity contribution in [2.45, 2.75) is 30.9 Å². The molecule has 2 saturated carbocycles. The van der Waals surface area contributed by atoms with Crippen molar-refractivity contribution in [2.24, 2.45) is 17.0 Å². The van der Waals surface area contributed by atoms with Crippen LogP contribution in [0.25, 0.3) is 10.8 Å². The molecular formula is C26H25NO5S. The second-order valence-corrected chi connectivity index (χ2v) is 10.5. The highest BCUT2D eigenvalue weighted by Gasteiger charge is 2.47. The van der Waals surface area contributed by atoms with Gasteiger partial charge in [0.25, 0.3) is 0 Å². The number of nitrogens with zero attached hydrogens (tertiary/aromatic N) is 1. The van der Waals surface area contributed by atoms with Crippen molar-refractivity contribution in [3.63, 3.8) is 0 Å². The predicted molar refractivity (Wildman–Crippen MR) is 127 cm³/mol. The molecule has 3 atom stereocenters. The molecular weight excluding hydrogens is 438 g/mol. The lowest BCUT2D eigenvalue weighted by atomic mass is 9.95. The first-order valence-electron chi connectivity index (χ1n) is 11.1. The number of hydrogen-bond acceptors (Lipinski definition) is 6. The smallest absolute Gasteiger partial charge is 0.331 e. The Kier molecular flexibility index (Phi) is 5.66. The van der Waals surface area contributed by atoms with Crippen molar-refractivity contribution in [3.8, 4) is 5.75 Å². The molecule has 2 aliphatic carbocycles. The van der Waals surface area contributed by atoms with Crippen molar-refractivity contribution in [1.29, 1.82) is 0 Å². The van der Waals surface area contributed by atoms with E-state index in [0.717, 1.165) is 24.6 Å². The van der Waals surface area contributed by atoms with Crippen LogP contribution in [0, 0.1) is 11.8 Å². The minimum Gasteiger partial charge on any atom is -0.496 e. The molecule has 2 aliphatic rings. The van der Waals surface area contributed by atoms with E-state index in [1.165, 1.54) is 0 Å². The molecule has 0 amide bonds. The molecule has 0 saturated heterocycles. The molecule has 5 rings (SSSR count). The first-order valence-corrected chi connectivity index (χ1v) is 12.6. The summed E-state index contributed by atoms with van der Waals surface area (Å²) in [6, 6.07) is 19.6. The van der Waals surface area contributed by atoms with Crippen LogP contribution in [-0.4, -0.2) is 32.3 Å². The van der Waals surface area contributed by atoms with E-state index in [-0.39, 0.29) is 11.6 Å². The second-order valence-electron chi connectivity index (χ2n) is 8.78. The van der Waals surface area contributed by atoms with Gasteiger partial charge in [-0.15, -0.1) is 0 Å². The Hall–Kier alpha value is -3.19. The van der Waals surface area contributed by atoms with Gasteiger partial charge in [0.1, 0.15) is 11.0 Å². The lowest BCUT2D eigenvalue weighted by molar-refractivity contribution is 0.106. The van der Waals surface area contributed by atoms with E-state index in [0.29, 0.717) is 34.6 Å². The van der Waals surface area contributed by atoms with Crippen molar-refractivity contribution in [3.05, 3.63) is 77.9 Å². The van der Waals surface area contributed by atoms with Crippen molar-refractivity contribution >= 4 is 32.4 Å². The first-order chi connectivity index (χ1) is 16.0. The van der Waals surface area contributed by atoms with E-state index < -0.39 is 21.2 Å². The molecule has 0 N–H and O–H groups in total. The maximum Gasteiger partial charge on any atom is 0.331 e. The van der Waals surface area contributed by atoms with Crippen molar-refractivity contribution in [2.75, 3.05) is 7.11 Å². The number of carbonyl (C=O) groups excluding carboxylic acids is 1. The summed E-state index contributed by atoms with van der Waals surface area (Å²) in [6.07, 6.45) is 3.53. The Labute approximate surface area is 193 Å². The lowest BCUT2D eigenvalue weighted by Gasteiger charge is -2.19. The number of carbonyl (C=O) groups is 1. The largest absolute Gasteiger partial charge is 0.496 e. The standard InChI is InChI=1S/C26H25NO5S/c1-31-23-14-13-22(20-9-5-6-10-21(20)23)26(28)25(18-7-3-2-4-8-18)27-32-33(29,30)24-16-17-11-12-19(24)15-17/h2-10,13-14,17,19,24H,11-12,15-16H2,1H3/b27-25+. The fourth-order valence-corrected chi connectivity index (χ4v) is 6.80. The molecule has 2 fully saturated rings. The van der Waals surface area contributed by atoms with Crippen molar-refractivity contribution < 1.29 is 22.2 Å². The fourth-order valence-electron chi connectivity index (χ4n) is 5.28. The van der Waals surface area contributed by atoms with Gasteiger partial charge in [0.15, 0.2) is 5.71 Å². The molecule has 0 aliphatic heterocycles. The molecule has 0 aromatic heterocycles. The number of ketones is 1. The van der Waals surface area contributed by atoms with E-state index in [1.807, 2.05) is 30.3 Å². The van der Waals surface area contributed by atoms with E-state index >= 15 is 0 Å². The SMILES string of the molecule is COc1ccc(C(=O)/C(=N/OS(=O)(=O)C2CC3CCC2C3)c2ccccc2)c2ccccc12. The Morgan fingerprint density at radius 3 is 2.30 bits per heavy atom. The average Bonchev–Trinajstić information content (AvgIpc) is 3.48. The summed E-state index contributed by atoms with van der Waals surface area (Å²) in [5.74, 6) is 0.804. The molecule has 0 spiro atoms. The molecule has 7 heteroatoms. The number of rotatable bonds is 7. The third-order valence-electron chi connectivity index (χ3n) is 6.89. The maximum absolute atomic E-state index is 13.7. The summed E-state index contributed by atoms with van der Waals surface area (Å²) >= 11 is 0. The number of benzene rings is 3. The van der Waals surface area contributed by atoms with Gasteiger partial charge in [-0.1, -0.05) is 66.2 Å². The quantitative estimate of drug-likeness (QED) is 0.281. The highest BCUT2D eigenvalue weighted by Crippen LogP contribution is 2.47. The van der Waals surface area contributed by atoms with Crippen LogP contribution in [0.3, 0.4) is 0 Å². The molecule has 33 heavy (non-hydrogen) atoms. The van der Waals surface area contributed by atoms with Crippen LogP contribution in [0.4, 0.5) is 0 Å². The number of ether oxygens (including phenoxy) is 1. The minimum atomic E-state index is -3.92. The third kappa shape index (κ3) is 4.02.